The molecule has 10 nitrogen and oxygen atoms in total. The van der Waals surface area contributed by atoms with Crippen molar-refractivity contribution in [1.29, 1.82) is 0 Å². The number of nitrogens with zero attached hydrogens (tertiary/aromatic N) is 1. The summed E-state index contributed by atoms with van der Waals surface area (Å²) in [6.07, 6.45) is 1.53. The van der Waals surface area contributed by atoms with Gasteiger partial charge in [-0.1, -0.05) is 42.5 Å². The average Bonchev–Trinajstić information content (AvgIpc) is 3.50. The molecule has 1 aromatic heterocycles. The third kappa shape index (κ3) is 8.15. The molecule has 0 radical (unpaired) electrons. The highest BCUT2D eigenvalue weighted by Gasteiger charge is 2.20. The number of anilines is 2. The minimum Gasteiger partial charge on any atom is -0.493 e. The van der Waals surface area contributed by atoms with Crippen LogP contribution in [0.4, 0.5) is 11.4 Å². The molecule has 0 aliphatic carbocycles. The predicted molar refractivity (Wildman–Crippen MR) is 212 cm³/mol. The Labute approximate surface area is 312 Å². The summed E-state index contributed by atoms with van der Waals surface area (Å²) in [4.78, 5) is 41.2. The Balaban J connectivity index is 1.19. The summed E-state index contributed by atoms with van der Waals surface area (Å²) in [7, 11) is 4.50. The molecule has 6 aromatic rings. The summed E-state index contributed by atoms with van der Waals surface area (Å²) in [5.41, 5.74) is 4.37. The van der Waals surface area contributed by atoms with Gasteiger partial charge >= 0.3 is 0 Å². The number of aryl methyl sites for hydroxylation is 1. The van der Waals surface area contributed by atoms with Crippen LogP contribution in [0.3, 0.4) is 0 Å². The van der Waals surface area contributed by atoms with Crippen molar-refractivity contribution < 1.29 is 28.6 Å². The van der Waals surface area contributed by atoms with Gasteiger partial charge in [-0.25, -0.2) is 0 Å². The van der Waals surface area contributed by atoms with Crippen molar-refractivity contribution in [2.24, 2.45) is 0 Å². The predicted octanol–water partition coefficient (Wildman–Crippen LogP) is 8.37. The molecular formula is C42H40N4O6S. The van der Waals surface area contributed by atoms with Gasteiger partial charge in [0.05, 0.1) is 26.6 Å². The number of nitrogens with one attached hydrogen (secondary N) is 3. The molecule has 0 saturated carbocycles. The molecule has 1 heterocycles. The lowest BCUT2D eigenvalue weighted by atomic mass is 10.1. The van der Waals surface area contributed by atoms with E-state index in [1.165, 1.54) is 39.2 Å². The third-order valence-electron chi connectivity index (χ3n) is 8.66. The first-order valence-corrected chi connectivity index (χ1v) is 17.9. The van der Waals surface area contributed by atoms with E-state index in [2.05, 4.69) is 39.6 Å². The number of fused-ring (bicyclic) bond motifs is 3. The van der Waals surface area contributed by atoms with Crippen LogP contribution in [-0.4, -0.2) is 48.9 Å². The van der Waals surface area contributed by atoms with Crippen LogP contribution in [0.5, 0.6) is 17.2 Å². The van der Waals surface area contributed by atoms with E-state index in [9.17, 15) is 14.4 Å². The largest absolute Gasteiger partial charge is 0.493 e. The summed E-state index contributed by atoms with van der Waals surface area (Å²) >= 11 is 1.37. The zero-order valence-electron chi connectivity index (χ0n) is 30.1. The van der Waals surface area contributed by atoms with Crippen molar-refractivity contribution in [3.8, 4) is 17.2 Å². The number of carbonyl (C=O) groups excluding carboxylic acids is 3. The van der Waals surface area contributed by atoms with E-state index in [4.69, 9.17) is 14.2 Å². The highest BCUT2D eigenvalue weighted by atomic mass is 32.2. The van der Waals surface area contributed by atoms with Gasteiger partial charge in [0.15, 0.2) is 11.5 Å². The number of ether oxygens (including phenoxy) is 3. The van der Waals surface area contributed by atoms with Crippen LogP contribution >= 0.6 is 11.8 Å². The number of para-hydroxylation sites is 1. The fourth-order valence-corrected chi connectivity index (χ4v) is 7.04. The number of methoxy groups -OCH3 is 3. The minimum atomic E-state index is -0.559. The molecule has 1 atom stereocenters. The molecule has 0 saturated heterocycles. The Hall–Kier alpha value is -6.20. The van der Waals surface area contributed by atoms with E-state index in [1.807, 2.05) is 43.3 Å². The van der Waals surface area contributed by atoms with Crippen molar-refractivity contribution in [1.82, 2.24) is 9.88 Å². The van der Waals surface area contributed by atoms with Crippen LogP contribution in [-0.2, 0) is 16.1 Å². The maximum absolute atomic E-state index is 13.8. The van der Waals surface area contributed by atoms with Gasteiger partial charge in [0.1, 0.15) is 5.70 Å². The zero-order chi connectivity index (χ0) is 37.5. The highest BCUT2D eigenvalue weighted by molar-refractivity contribution is 8.00. The van der Waals surface area contributed by atoms with Crippen LogP contribution in [0.25, 0.3) is 27.9 Å². The van der Waals surface area contributed by atoms with Crippen LogP contribution in [0.1, 0.15) is 29.8 Å². The second-order valence-electron chi connectivity index (χ2n) is 12.1. The van der Waals surface area contributed by atoms with Gasteiger partial charge in [0.25, 0.3) is 11.8 Å². The van der Waals surface area contributed by atoms with Crippen LogP contribution in [0, 0.1) is 0 Å². The summed E-state index contributed by atoms with van der Waals surface area (Å²) in [5, 5.41) is 10.5. The van der Waals surface area contributed by atoms with Gasteiger partial charge in [0.2, 0.25) is 11.7 Å². The lowest BCUT2D eigenvalue weighted by molar-refractivity contribution is -0.115. The summed E-state index contributed by atoms with van der Waals surface area (Å²) in [5.74, 6) is 0.00136. The molecule has 0 aliphatic heterocycles. The van der Waals surface area contributed by atoms with Crippen molar-refractivity contribution in [2.75, 3.05) is 32.0 Å². The Kier molecular flexibility index (Phi) is 11.3. The number of thioether (sulfide) groups is 1. The van der Waals surface area contributed by atoms with Gasteiger partial charge < -0.3 is 34.7 Å². The van der Waals surface area contributed by atoms with Crippen molar-refractivity contribution in [3.63, 3.8) is 0 Å². The van der Waals surface area contributed by atoms with Gasteiger partial charge in [-0.3, -0.25) is 14.4 Å². The number of hydrogen-bond donors (Lipinski definition) is 3. The first-order chi connectivity index (χ1) is 25.7. The van der Waals surface area contributed by atoms with E-state index >= 15 is 0 Å². The van der Waals surface area contributed by atoms with E-state index in [-0.39, 0.29) is 11.6 Å². The van der Waals surface area contributed by atoms with Gasteiger partial charge in [-0.2, -0.15) is 0 Å². The number of aromatic nitrogens is 1. The minimum absolute atomic E-state index is 0.0158. The standard InChI is InChI=1S/C42H40N4O6S/c1-6-46-35-18-11-10-17-32(35)33-25-30(19-20-36(33)46)43-40(47)26(2)53-31-16-12-15-29(24-31)44-42(49)34(45-41(48)28-13-8-7-9-14-28)21-27-22-37(50-3)39(52-5)38(23-27)51-4/h7-26H,6H2,1-5H3,(H,43,47)(H,44,49)(H,45,48)/b34-21+. The zero-order valence-corrected chi connectivity index (χ0v) is 30.9. The van der Waals surface area contributed by atoms with E-state index in [0.29, 0.717) is 34.1 Å². The lowest BCUT2D eigenvalue weighted by Crippen LogP contribution is -2.30. The molecule has 270 valence electrons. The Morgan fingerprint density at radius 2 is 1.42 bits per heavy atom. The molecule has 0 spiro atoms. The normalized spacial score (nSPS) is 11.9. The molecule has 0 aliphatic rings. The summed E-state index contributed by atoms with van der Waals surface area (Å²) in [6.45, 7) is 4.80. The molecule has 5 aromatic carbocycles. The maximum atomic E-state index is 13.8. The fourth-order valence-electron chi connectivity index (χ4n) is 6.11. The Morgan fingerprint density at radius 3 is 2.11 bits per heavy atom. The number of hydrogen-bond acceptors (Lipinski definition) is 7. The van der Waals surface area contributed by atoms with Crippen molar-refractivity contribution in [3.05, 3.63) is 126 Å². The molecular weight excluding hydrogens is 689 g/mol. The summed E-state index contributed by atoms with van der Waals surface area (Å²) < 4.78 is 18.7. The van der Waals surface area contributed by atoms with Crippen molar-refractivity contribution in [2.45, 2.75) is 30.5 Å². The molecule has 1 unspecified atom stereocenters. The quantitative estimate of drug-likeness (QED) is 0.0808. The SMILES string of the molecule is CCn1c2ccccc2c2cc(NC(=O)C(C)Sc3cccc(NC(=O)/C(=C\c4cc(OC)c(OC)c(OC)c4)NC(=O)c4ccccc4)c3)ccc21. The highest BCUT2D eigenvalue weighted by Crippen LogP contribution is 2.39. The monoisotopic (exact) mass is 728 g/mol. The molecule has 11 heteroatoms. The Morgan fingerprint density at radius 1 is 0.736 bits per heavy atom. The second kappa shape index (κ2) is 16.4. The van der Waals surface area contributed by atoms with E-state index in [1.54, 1.807) is 60.7 Å². The number of rotatable bonds is 13. The smallest absolute Gasteiger partial charge is 0.272 e. The number of carbonyl (C=O) groups is 3. The van der Waals surface area contributed by atoms with E-state index in [0.717, 1.165) is 38.9 Å². The van der Waals surface area contributed by atoms with Gasteiger partial charge in [0, 0.05) is 50.2 Å². The Bertz CT molecular complexity index is 2310. The maximum Gasteiger partial charge on any atom is 0.272 e. The molecule has 3 N–H and O–H groups in total. The number of amides is 3. The molecule has 6 rings (SSSR count). The fraction of sp³-hybridized carbons (Fsp3) is 0.167. The summed E-state index contributed by atoms with van der Waals surface area (Å²) in [6, 6.07) is 33.4. The molecule has 53 heavy (non-hydrogen) atoms. The second-order valence-corrected chi connectivity index (χ2v) is 13.5. The average molecular weight is 729 g/mol. The molecule has 3 amide bonds. The van der Waals surface area contributed by atoms with E-state index < -0.39 is 17.1 Å². The third-order valence-corrected chi connectivity index (χ3v) is 9.75. The number of benzene rings is 5. The lowest BCUT2D eigenvalue weighted by Gasteiger charge is -2.15. The first kappa shape index (κ1) is 36.6. The van der Waals surface area contributed by atoms with Crippen LogP contribution in [0.2, 0.25) is 0 Å². The van der Waals surface area contributed by atoms with Crippen LogP contribution < -0.4 is 30.2 Å². The van der Waals surface area contributed by atoms with Crippen molar-refractivity contribution >= 4 is 68.7 Å². The molecule has 0 fully saturated rings. The van der Waals surface area contributed by atoms with Gasteiger partial charge in [-0.15, -0.1) is 11.8 Å². The van der Waals surface area contributed by atoms with Gasteiger partial charge in [-0.05, 0) is 92.2 Å². The molecule has 0 bridgehead atoms. The van der Waals surface area contributed by atoms with Crippen LogP contribution in [0.15, 0.2) is 120 Å². The first-order valence-electron chi connectivity index (χ1n) is 17.0. The topological polar surface area (TPSA) is 120 Å².